The smallest absolute Gasteiger partial charge is 0.303 e. The summed E-state index contributed by atoms with van der Waals surface area (Å²) in [5.41, 5.74) is 3.07. The van der Waals surface area contributed by atoms with Crippen LogP contribution in [0.15, 0.2) is 41.3 Å². The highest BCUT2D eigenvalue weighted by Gasteiger charge is 2.27. The van der Waals surface area contributed by atoms with Crippen molar-refractivity contribution in [3.8, 4) is 0 Å². The van der Waals surface area contributed by atoms with Crippen LogP contribution in [0.3, 0.4) is 0 Å². The number of halogens is 3. The Bertz CT molecular complexity index is 873. The average Bonchev–Trinajstić information content (AvgIpc) is 2.83. The molecule has 1 aliphatic heterocycles. The van der Waals surface area contributed by atoms with Crippen LogP contribution in [0, 0.1) is 5.82 Å². The van der Waals surface area contributed by atoms with Crippen LogP contribution in [-0.4, -0.2) is 31.8 Å². The zero-order valence-electron chi connectivity index (χ0n) is 17.5. The van der Waals surface area contributed by atoms with Gasteiger partial charge in [-0.2, -0.15) is 0 Å². The molecule has 2 N–H and O–H groups in total. The molecule has 0 amide bonds. The number of carboxylic acid groups (broad SMARTS) is 1. The van der Waals surface area contributed by atoms with Gasteiger partial charge in [-0.1, -0.05) is 42.6 Å². The van der Waals surface area contributed by atoms with Crippen molar-refractivity contribution in [3.05, 3.63) is 58.4 Å². The Labute approximate surface area is 197 Å². The molecule has 170 valence electrons. The second-order valence-corrected chi connectivity index (χ2v) is 8.94. The largest absolute Gasteiger partial charge is 0.481 e. The van der Waals surface area contributed by atoms with Crippen molar-refractivity contribution in [1.82, 2.24) is 5.32 Å². The SMILES string of the molecule is CN1Sc2cc(Cl)c(F)cc2C(NCCCCCCC(=O)O)c2ccccc21.COCl. The third-order valence-electron chi connectivity index (χ3n) is 4.85. The average molecular weight is 489 g/mol. The molecule has 5 nitrogen and oxygen atoms in total. The van der Waals surface area contributed by atoms with Crippen LogP contribution in [0.25, 0.3) is 0 Å². The first-order chi connectivity index (χ1) is 14.9. The van der Waals surface area contributed by atoms with Crippen LogP contribution in [0.5, 0.6) is 0 Å². The van der Waals surface area contributed by atoms with Crippen molar-refractivity contribution in [2.75, 3.05) is 25.0 Å². The van der Waals surface area contributed by atoms with Gasteiger partial charge in [0.1, 0.15) is 5.82 Å². The fraction of sp³-hybridized carbons (Fsp3) is 0.409. The number of para-hydroxylation sites is 1. The van der Waals surface area contributed by atoms with Gasteiger partial charge in [-0.25, -0.2) is 4.39 Å². The second kappa shape index (κ2) is 13.1. The topological polar surface area (TPSA) is 61.8 Å². The van der Waals surface area contributed by atoms with Crippen molar-refractivity contribution in [1.29, 1.82) is 0 Å². The maximum absolute atomic E-state index is 14.2. The van der Waals surface area contributed by atoms with Crippen LogP contribution in [-0.2, 0) is 9.08 Å². The Morgan fingerprint density at radius 2 is 1.90 bits per heavy atom. The second-order valence-electron chi connectivity index (χ2n) is 7.05. The predicted octanol–water partition coefficient (Wildman–Crippen LogP) is 6.44. The third-order valence-corrected chi connectivity index (χ3v) is 6.16. The van der Waals surface area contributed by atoms with E-state index >= 15 is 0 Å². The van der Waals surface area contributed by atoms with E-state index in [0.717, 1.165) is 47.5 Å². The van der Waals surface area contributed by atoms with E-state index in [1.165, 1.54) is 13.2 Å². The molecule has 0 aromatic heterocycles. The summed E-state index contributed by atoms with van der Waals surface area (Å²) >= 11 is 12.1. The highest BCUT2D eigenvalue weighted by atomic mass is 35.5. The van der Waals surface area contributed by atoms with E-state index in [2.05, 4.69) is 37.9 Å². The summed E-state index contributed by atoms with van der Waals surface area (Å²) in [5.74, 6) is -1.16. The lowest BCUT2D eigenvalue weighted by Crippen LogP contribution is -2.24. The number of aliphatic carboxylic acids is 1. The van der Waals surface area contributed by atoms with E-state index < -0.39 is 11.8 Å². The number of nitrogens with one attached hydrogen (secondary N) is 1. The summed E-state index contributed by atoms with van der Waals surface area (Å²) in [6, 6.07) is 11.2. The Kier molecular flexibility index (Phi) is 10.9. The van der Waals surface area contributed by atoms with Gasteiger partial charge in [-0.05, 0) is 60.7 Å². The molecule has 1 aliphatic rings. The standard InChI is InChI=1S/C21H24ClFN2O2S.CH3ClO/c1-25-18-9-6-5-8-14(18)21(24-11-7-3-2-4-10-20(26)27)15-12-17(23)16(22)13-19(15)28-25;1-3-2/h5-6,8-9,12-13,21,24H,2-4,7,10-11H2,1H3,(H,26,27);1H3. The maximum Gasteiger partial charge on any atom is 0.303 e. The molecule has 0 saturated carbocycles. The van der Waals surface area contributed by atoms with Crippen molar-refractivity contribution in [2.45, 2.75) is 43.0 Å². The van der Waals surface area contributed by atoms with E-state index in [0.29, 0.717) is 6.42 Å². The first-order valence-electron chi connectivity index (χ1n) is 9.98. The van der Waals surface area contributed by atoms with E-state index in [1.54, 1.807) is 18.0 Å². The molecule has 0 saturated heterocycles. The fourth-order valence-electron chi connectivity index (χ4n) is 3.45. The predicted molar refractivity (Wildman–Crippen MR) is 126 cm³/mol. The lowest BCUT2D eigenvalue weighted by atomic mass is 9.96. The van der Waals surface area contributed by atoms with Crippen LogP contribution in [0.2, 0.25) is 5.02 Å². The summed E-state index contributed by atoms with van der Waals surface area (Å²) in [5, 5.41) is 12.4. The zero-order valence-corrected chi connectivity index (χ0v) is 19.9. The van der Waals surface area contributed by atoms with Crippen LogP contribution >= 0.6 is 35.4 Å². The number of unbranched alkanes of at least 4 members (excludes halogenated alkanes) is 3. The molecule has 0 radical (unpaired) electrons. The van der Waals surface area contributed by atoms with Gasteiger partial charge in [0, 0.05) is 18.4 Å². The first-order valence-corrected chi connectivity index (χ1v) is 11.4. The molecule has 1 heterocycles. The summed E-state index contributed by atoms with van der Waals surface area (Å²) in [4.78, 5) is 11.5. The van der Waals surface area contributed by atoms with Gasteiger partial charge in [0.25, 0.3) is 0 Å². The van der Waals surface area contributed by atoms with Gasteiger partial charge in [-0.15, -0.1) is 0 Å². The minimum absolute atomic E-state index is 0.128. The lowest BCUT2D eigenvalue weighted by molar-refractivity contribution is -0.137. The minimum Gasteiger partial charge on any atom is -0.481 e. The molecule has 2 aromatic rings. The van der Waals surface area contributed by atoms with Crippen LogP contribution in [0.1, 0.15) is 49.3 Å². The molecule has 31 heavy (non-hydrogen) atoms. The van der Waals surface area contributed by atoms with Crippen LogP contribution in [0.4, 0.5) is 10.1 Å². The van der Waals surface area contributed by atoms with Crippen molar-refractivity contribution >= 4 is 47.1 Å². The number of nitrogens with zero attached hydrogens (tertiary/aromatic N) is 1. The monoisotopic (exact) mass is 488 g/mol. The van der Waals surface area contributed by atoms with Gasteiger partial charge in [0.15, 0.2) is 0 Å². The first kappa shape index (κ1) is 25.7. The molecule has 1 atom stereocenters. The van der Waals surface area contributed by atoms with Gasteiger partial charge < -0.3 is 14.7 Å². The highest BCUT2D eigenvalue weighted by molar-refractivity contribution is 8.00. The zero-order chi connectivity index (χ0) is 22.8. The molecular formula is C22H27Cl2FN2O3S. The lowest BCUT2D eigenvalue weighted by Gasteiger charge is -2.22. The van der Waals surface area contributed by atoms with Gasteiger partial charge >= 0.3 is 5.97 Å². The molecular weight excluding hydrogens is 462 g/mol. The number of hydrogen-bond donors (Lipinski definition) is 2. The third kappa shape index (κ3) is 7.54. The molecule has 3 rings (SSSR count). The summed E-state index contributed by atoms with van der Waals surface area (Å²) in [6.45, 7) is 0.768. The molecule has 0 spiro atoms. The molecule has 1 unspecified atom stereocenters. The summed E-state index contributed by atoms with van der Waals surface area (Å²) in [7, 11) is 3.39. The molecule has 0 aliphatic carbocycles. The van der Waals surface area contributed by atoms with E-state index in [9.17, 15) is 9.18 Å². The Hall–Kier alpha value is -1.51. The van der Waals surface area contributed by atoms with Gasteiger partial charge in [0.05, 0.1) is 35.7 Å². The number of rotatable bonds is 8. The molecule has 0 fully saturated rings. The minimum atomic E-state index is -0.743. The molecule has 2 aromatic carbocycles. The van der Waals surface area contributed by atoms with E-state index in [4.69, 9.17) is 16.7 Å². The molecule has 0 bridgehead atoms. The number of carboxylic acids is 1. The quantitative estimate of drug-likeness (QED) is 0.329. The number of benzene rings is 2. The van der Waals surface area contributed by atoms with Crippen LogP contribution < -0.4 is 9.62 Å². The number of anilines is 1. The number of hydrogen-bond acceptors (Lipinski definition) is 5. The fourth-order valence-corrected chi connectivity index (χ4v) is 4.69. The number of fused-ring (bicyclic) bond motifs is 2. The van der Waals surface area contributed by atoms with Gasteiger partial charge in [0.2, 0.25) is 0 Å². The maximum atomic E-state index is 14.2. The Morgan fingerprint density at radius 1 is 1.23 bits per heavy atom. The Balaban J connectivity index is 0.00000107. The summed E-state index contributed by atoms with van der Waals surface area (Å²) in [6.07, 6.45) is 3.72. The number of carbonyl (C=O) groups is 1. The van der Waals surface area contributed by atoms with E-state index in [1.807, 2.05) is 19.2 Å². The summed E-state index contributed by atoms with van der Waals surface area (Å²) < 4.78 is 20.0. The van der Waals surface area contributed by atoms with Crippen molar-refractivity contribution in [2.24, 2.45) is 0 Å². The van der Waals surface area contributed by atoms with E-state index in [-0.39, 0.29) is 17.5 Å². The van der Waals surface area contributed by atoms with Gasteiger partial charge in [-0.3, -0.25) is 9.08 Å². The Morgan fingerprint density at radius 3 is 2.61 bits per heavy atom. The normalized spacial score (nSPS) is 14.7. The molecule has 9 heteroatoms. The van der Waals surface area contributed by atoms with Crippen molar-refractivity contribution < 1.29 is 18.6 Å². The van der Waals surface area contributed by atoms with Crippen molar-refractivity contribution in [3.63, 3.8) is 0 Å². The highest BCUT2D eigenvalue weighted by Crippen LogP contribution is 2.44.